The van der Waals surface area contributed by atoms with E-state index in [-0.39, 0.29) is 0 Å². The summed E-state index contributed by atoms with van der Waals surface area (Å²) in [7, 11) is 1.74. The lowest BCUT2D eigenvalue weighted by Crippen LogP contribution is -2.09. The fourth-order valence-electron chi connectivity index (χ4n) is 2.93. The lowest BCUT2D eigenvalue weighted by molar-refractivity contribution is 0.328. The fourth-order valence-corrected chi connectivity index (χ4v) is 2.93. The summed E-state index contributed by atoms with van der Waals surface area (Å²) >= 11 is 0. The summed E-state index contributed by atoms with van der Waals surface area (Å²) in [5.41, 5.74) is 8.09. The molecule has 0 atom stereocenters. The van der Waals surface area contributed by atoms with Gasteiger partial charge in [0.15, 0.2) is 0 Å². The quantitative estimate of drug-likeness (QED) is 0.875. The maximum Gasteiger partial charge on any atom is 0.215 e. The van der Waals surface area contributed by atoms with Crippen LogP contribution in [-0.4, -0.2) is 23.4 Å². The van der Waals surface area contributed by atoms with Gasteiger partial charge in [-0.05, 0) is 31.7 Å². The van der Waals surface area contributed by atoms with Crippen LogP contribution in [-0.2, 0) is 6.42 Å². The number of aromatic nitrogens is 2. The summed E-state index contributed by atoms with van der Waals surface area (Å²) in [5.74, 6) is 1.36. The van der Waals surface area contributed by atoms with Crippen molar-refractivity contribution in [3.63, 3.8) is 0 Å². The predicted molar refractivity (Wildman–Crippen MR) is 73.1 cm³/mol. The highest BCUT2D eigenvalue weighted by atomic mass is 16.5. The predicted octanol–water partition coefficient (Wildman–Crippen LogP) is 2.63. The molecule has 0 aromatic carbocycles. The van der Waals surface area contributed by atoms with Crippen molar-refractivity contribution < 1.29 is 4.74 Å². The Hall–Kier alpha value is -1.03. The SMILES string of the molecule is COc1c(CCN)c(C(C)C)nn1C1CCCC1. The van der Waals surface area contributed by atoms with E-state index >= 15 is 0 Å². The van der Waals surface area contributed by atoms with E-state index in [0.29, 0.717) is 18.5 Å². The van der Waals surface area contributed by atoms with E-state index < -0.39 is 0 Å². The molecule has 2 rings (SSSR count). The normalized spacial score (nSPS) is 16.7. The Balaban J connectivity index is 2.41. The number of rotatable bonds is 5. The zero-order chi connectivity index (χ0) is 13.1. The van der Waals surface area contributed by atoms with E-state index in [9.17, 15) is 0 Å². The second-order valence-electron chi connectivity index (χ2n) is 5.45. The van der Waals surface area contributed by atoms with Crippen molar-refractivity contribution in [2.75, 3.05) is 13.7 Å². The third kappa shape index (κ3) is 2.39. The number of hydrogen-bond acceptors (Lipinski definition) is 3. The van der Waals surface area contributed by atoms with Gasteiger partial charge in [-0.3, -0.25) is 0 Å². The minimum atomic E-state index is 0.420. The molecule has 0 aliphatic heterocycles. The van der Waals surface area contributed by atoms with Gasteiger partial charge >= 0.3 is 0 Å². The molecule has 18 heavy (non-hydrogen) atoms. The van der Waals surface area contributed by atoms with Gasteiger partial charge in [-0.2, -0.15) is 5.10 Å². The van der Waals surface area contributed by atoms with E-state index in [4.69, 9.17) is 15.6 Å². The van der Waals surface area contributed by atoms with Crippen LogP contribution in [0.3, 0.4) is 0 Å². The molecule has 0 saturated heterocycles. The summed E-state index contributed by atoms with van der Waals surface area (Å²) < 4.78 is 7.74. The number of nitrogens with two attached hydrogens (primary N) is 1. The van der Waals surface area contributed by atoms with Crippen molar-refractivity contribution in [1.29, 1.82) is 0 Å². The minimum Gasteiger partial charge on any atom is -0.481 e. The molecule has 0 unspecified atom stereocenters. The van der Waals surface area contributed by atoms with Gasteiger partial charge in [0.05, 0.1) is 18.8 Å². The first-order chi connectivity index (χ1) is 8.69. The van der Waals surface area contributed by atoms with Gasteiger partial charge in [0.2, 0.25) is 5.88 Å². The molecule has 1 aromatic heterocycles. The first-order valence-electron chi connectivity index (χ1n) is 7.04. The molecule has 1 heterocycles. The van der Waals surface area contributed by atoms with Gasteiger partial charge in [-0.25, -0.2) is 4.68 Å². The average molecular weight is 251 g/mol. The number of ether oxygens (including phenoxy) is 1. The zero-order valence-electron chi connectivity index (χ0n) is 11.8. The molecule has 1 saturated carbocycles. The smallest absolute Gasteiger partial charge is 0.215 e. The van der Waals surface area contributed by atoms with Gasteiger partial charge in [0.25, 0.3) is 0 Å². The molecule has 0 amide bonds. The van der Waals surface area contributed by atoms with Crippen molar-refractivity contribution in [2.45, 2.75) is 57.9 Å². The first kappa shape index (κ1) is 13.4. The Bertz CT molecular complexity index is 392. The van der Waals surface area contributed by atoms with Crippen LogP contribution < -0.4 is 10.5 Å². The zero-order valence-corrected chi connectivity index (χ0v) is 11.8. The second kappa shape index (κ2) is 5.74. The summed E-state index contributed by atoms with van der Waals surface area (Å²) in [5, 5.41) is 4.82. The van der Waals surface area contributed by atoms with Crippen molar-refractivity contribution in [3.8, 4) is 5.88 Å². The molecule has 0 spiro atoms. The molecule has 0 radical (unpaired) electrons. The van der Waals surface area contributed by atoms with Crippen LogP contribution in [0.5, 0.6) is 5.88 Å². The van der Waals surface area contributed by atoms with Crippen LogP contribution in [0.4, 0.5) is 0 Å². The molecule has 4 nitrogen and oxygen atoms in total. The Morgan fingerprint density at radius 2 is 2.06 bits per heavy atom. The second-order valence-corrected chi connectivity index (χ2v) is 5.45. The van der Waals surface area contributed by atoms with Crippen LogP contribution >= 0.6 is 0 Å². The molecule has 2 N–H and O–H groups in total. The molecule has 1 aliphatic rings. The number of nitrogens with zero attached hydrogens (tertiary/aromatic N) is 2. The Kier molecular flexibility index (Phi) is 4.27. The topological polar surface area (TPSA) is 53.1 Å². The molecular weight excluding hydrogens is 226 g/mol. The molecule has 102 valence electrons. The summed E-state index contributed by atoms with van der Waals surface area (Å²) in [4.78, 5) is 0. The lowest BCUT2D eigenvalue weighted by Gasteiger charge is -2.13. The van der Waals surface area contributed by atoms with Crippen molar-refractivity contribution in [1.82, 2.24) is 9.78 Å². The van der Waals surface area contributed by atoms with Gasteiger partial charge in [0, 0.05) is 5.56 Å². The summed E-state index contributed by atoms with van der Waals surface area (Å²) in [6.07, 6.45) is 5.90. The Morgan fingerprint density at radius 1 is 1.39 bits per heavy atom. The van der Waals surface area contributed by atoms with Crippen molar-refractivity contribution in [3.05, 3.63) is 11.3 Å². The van der Waals surface area contributed by atoms with Crippen LogP contribution in [0.1, 0.15) is 62.7 Å². The maximum atomic E-state index is 5.72. The number of methoxy groups -OCH3 is 1. The molecule has 4 heteroatoms. The van der Waals surface area contributed by atoms with E-state index in [1.807, 2.05) is 0 Å². The van der Waals surface area contributed by atoms with E-state index in [1.165, 1.54) is 31.2 Å². The monoisotopic (exact) mass is 251 g/mol. The molecule has 1 fully saturated rings. The van der Waals surface area contributed by atoms with Crippen molar-refractivity contribution in [2.24, 2.45) is 5.73 Å². The highest BCUT2D eigenvalue weighted by molar-refractivity contribution is 5.34. The summed E-state index contributed by atoms with van der Waals surface area (Å²) in [6, 6.07) is 0.518. The van der Waals surface area contributed by atoms with Gasteiger partial charge in [-0.15, -0.1) is 0 Å². The van der Waals surface area contributed by atoms with Crippen LogP contribution in [0.15, 0.2) is 0 Å². The molecular formula is C14H25N3O. The summed E-state index contributed by atoms with van der Waals surface area (Å²) in [6.45, 7) is 5.01. The van der Waals surface area contributed by atoms with Gasteiger partial charge < -0.3 is 10.5 Å². The molecule has 1 aliphatic carbocycles. The van der Waals surface area contributed by atoms with E-state index in [0.717, 1.165) is 18.0 Å². The lowest BCUT2D eigenvalue weighted by atomic mass is 10.0. The van der Waals surface area contributed by atoms with Gasteiger partial charge in [0.1, 0.15) is 0 Å². The largest absolute Gasteiger partial charge is 0.481 e. The Morgan fingerprint density at radius 3 is 2.56 bits per heavy atom. The van der Waals surface area contributed by atoms with E-state index in [1.54, 1.807) is 7.11 Å². The highest BCUT2D eigenvalue weighted by Crippen LogP contribution is 2.36. The fraction of sp³-hybridized carbons (Fsp3) is 0.786. The van der Waals surface area contributed by atoms with E-state index in [2.05, 4.69) is 18.5 Å². The van der Waals surface area contributed by atoms with Gasteiger partial charge in [-0.1, -0.05) is 26.7 Å². The van der Waals surface area contributed by atoms with Crippen LogP contribution in [0.25, 0.3) is 0 Å². The molecule has 0 bridgehead atoms. The first-order valence-corrected chi connectivity index (χ1v) is 7.04. The maximum absolute atomic E-state index is 5.72. The van der Waals surface area contributed by atoms with Crippen LogP contribution in [0.2, 0.25) is 0 Å². The standard InChI is InChI=1S/C14H25N3O/c1-10(2)13-12(8-9-15)14(18-3)17(16-13)11-6-4-5-7-11/h10-11H,4-9,15H2,1-3H3. The Labute approximate surface area is 110 Å². The van der Waals surface area contributed by atoms with Crippen LogP contribution in [0, 0.1) is 0 Å². The minimum absolute atomic E-state index is 0.420. The number of hydrogen-bond donors (Lipinski definition) is 1. The highest BCUT2D eigenvalue weighted by Gasteiger charge is 2.26. The molecule has 1 aromatic rings. The third-order valence-electron chi connectivity index (χ3n) is 3.80. The third-order valence-corrected chi connectivity index (χ3v) is 3.80. The average Bonchev–Trinajstić information content (AvgIpc) is 2.95. The van der Waals surface area contributed by atoms with Crippen molar-refractivity contribution >= 4 is 0 Å².